The van der Waals surface area contributed by atoms with E-state index in [1.54, 1.807) is 24.3 Å². The van der Waals surface area contributed by atoms with Crippen LogP contribution in [0.25, 0.3) is 22.3 Å². The number of phenolic OH excluding ortho intramolecular Hbond substituents is 1. The first-order chi connectivity index (χ1) is 10.6. The summed E-state index contributed by atoms with van der Waals surface area (Å²) in [7, 11) is 0. The fourth-order valence-electron chi connectivity index (χ4n) is 2.22. The summed E-state index contributed by atoms with van der Waals surface area (Å²) in [4.78, 5) is 23.0. The van der Waals surface area contributed by atoms with E-state index in [9.17, 15) is 14.7 Å². The van der Waals surface area contributed by atoms with Crippen molar-refractivity contribution in [3.05, 3.63) is 54.1 Å². The maximum absolute atomic E-state index is 12.2. The highest BCUT2D eigenvalue weighted by molar-refractivity contribution is 6.11. The van der Waals surface area contributed by atoms with E-state index in [1.807, 2.05) is 6.07 Å². The zero-order valence-electron chi connectivity index (χ0n) is 11.3. The number of ether oxygens (including phenoxy) is 1. The molecule has 0 radical (unpaired) electrons. The van der Waals surface area contributed by atoms with Gasteiger partial charge in [0.15, 0.2) is 0 Å². The molecule has 6 nitrogen and oxygen atoms in total. The van der Waals surface area contributed by atoms with Gasteiger partial charge < -0.3 is 20.0 Å². The summed E-state index contributed by atoms with van der Waals surface area (Å²) in [5.41, 5.74) is 5.95. The Morgan fingerprint density at radius 3 is 2.50 bits per heavy atom. The molecule has 3 rings (SSSR count). The Bertz CT molecular complexity index is 867. The molecule has 0 bridgehead atoms. The van der Waals surface area contributed by atoms with Crippen molar-refractivity contribution < 1.29 is 23.8 Å². The average molecular weight is 297 g/mol. The molecule has 0 unspecified atom stereocenters. The van der Waals surface area contributed by atoms with Gasteiger partial charge in [-0.15, -0.1) is 0 Å². The summed E-state index contributed by atoms with van der Waals surface area (Å²) in [5, 5.41) is 9.95. The number of hydrogen-bond acceptors (Lipinski definition) is 5. The molecule has 3 N–H and O–H groups in total. The molecule has 6 heteroatoms. The predicted octanol–water partition coefficient (Wildman–Crippen LogP) is 3.04. The lowest BCUT2D eigenvalue weighted by molar-refractivity contribution is 0.0640. The monoisotopic (exact) mass is 297 g/mol. The second-order valence-corrected chi connectivity index (χ2v) is 4.56. The van der Waals surface area contributed by atoms with Gasteiger partial charge in [-0.05, 0) is 18.2 Å². The first-order valence-electron chi connectivity index (χ1n) is 6.39. The van der Waals surface area contributed by atoms with Crippen molar-refractivity contribution in [2.45, 2.75) is 0 Å². The van der Waals surface area contributed by atoms with E-state index in [0.29, 0.717) is 16.5 Å². The topological polar surface area (TPSA) is 103 Å². The molecule has 3 aromatic rings. The van der Waals surface area contributed by atoms with Gasteiger partial charge in [0.1, 0.15) is 22.7 Å². The fraction of sp³-hybridized carbons (Fsp3) is 0. The Kier molecular flexibility index (Phi) is 3.27. The second-order valence-electron chi connectivity index (χ2n) is 4.56. The van der Waals surface area contributed by atoms with Crippen molar-refractivity contribution >= 4 is 23.0 Å². The molecule has 0 saturated carbocycles. The molecular formula is C16H11NO5. The summed E-state index contributed by atoms with van der Waals surface area (Å²) >= 11 is 0. The third kappa shape index (κ3) is 2.37. The third-order valence-electron chi connectivity index (χ3n) is 3.10. The number of benzene rings is 2. The first kappa shape index (κ1) is 13.7. The number of amides is 1. The number of fused-ring (bicyclic) bond motifs is 1. The van der Waals surface area contributed by atoms with E-state index >= 15 is 0 Å². The Hall–Kier alpha value is -3.28. The van der Waals surface area contributed by atoms with Crippen molar-refractivity contribution in [1.82, 2.24) is 0 Å². The third-order valence-corrected chi connectivity index (χ3v) is 3.10. The number of primary amides is 1. The van der Waals surface area contributed by atoms with E-state index in [-0.39, 0.29) is 17.1 Å². The van der Waals surface area contributed by atoms with Crippen LogP contribution in [0.15, 0.2) is 52.9 Å². The van der Waals surface area contributed by atoms with Gasteiger partial charge in [-0.2, -0.15) is 0 Å². The van der Waals surface area contributed by atoms with Crippen LogP contribution >= 0.6 is 0 Å². The number of phenols is 1. The smallest absolute Gasteiger partial charge is 0.412 e. The van der Waals surface area contributed by atoms with Crippen LogP contribution in [0, 0.1) is 0 Å². The lowest BCUT2D eigenvalue weighted by Gasteiger charge is -2.02. The Morgan fingerprint density at radius 2 is 1.82 bits per heavy atom. The van der Waals surface area contributed by atoms with Gasteiger partial charge in [-0.25, -0.2) is 9.59 Å². The molecule has 1 heterocycles. The minimum absolute atomic E-state index is 0.0379. The molecule has 0 aliphatic carbocycles. The summed E-state index contributed by atoms with van der Waals surface area (Å²) in [5.74, 6) is -0.732. The summed E-state index contributed by atoms with van der Waals surface area (Å²) in [6.45, 7) is 0. The van der Waals surface area contributed by atoms with Gasteiger partial charge in [0.25, 0.3) is 0 Å². The summed E-state index contributed by atoms with van der Waals surface area (Å²) in [6, 6.07) is 13.2. The molecule has 0 aliphatic heterocycles. The van der Waals surface area contributed by atoms with Crippen molar-refractivity contribution in [3.63, 3.8) is 0 Å². The van der Waals surface area contributed by atoms with Crippen LogP contribution in [0.3, 0.4) is 0 Å². The minimum atomic E-state index is -1.21. The van der Waals surface area contributed by atoms with Crippen molar-refractivity contribution in [1.29, 1.82) is 0 Å². The van der Waals surface area contributed by atoms with E-state index in [0.717, 1.165) is 0 Å². The number of nitrogens with two attached hydrogens (primary N) is 1. The SMILES string of the molecule is NC(=O)OC(=O)c1c(-c2ccccc2)oc2ccc(O)cc12. The number of furan rings is 1. The molecule has 0 aliphatic rings. The van der Waals surface area contributed by atoms with Gasteiger partial charge >= 0.3 is 12.1 Å². The Balaban J connectivity index is 2.27. The fourth-order valence-corrected chi connectivity index (χ4v) is 2.22. The van der Waals surface area contributed by atoms with E-state index in [2.05, 4.69) is 4.74 Å². The molecule has 1 aromatic heterocycles. The molecule has 0 atom stereocenters. The number of esters is 1. The van der Waals surface area contributed by atoms with Crippen LogP contribution in [0.4, 0.5) is 4.79 Å². The first-order valence-corrected chi connectivity index (χ1v) is 6.39. The molecule has 0 fully saturated rings. The quantitative estimate of drug-likeness (QED) is 0.559. The van der Waals surface area contributed by atoms with Gasteiger partial charge in [-0.1, -0.05) is 30.3 Å². The summed E-state index contributed by atoms with van der Waals surface area (Å²) in [6.07, 6.45) is -1.21. The maximum Gasteiger partial charge on any atom is 0.412 e. The number of aromatic hydroxyl groups is 1. The van der Waals surface area contributed by atoms with Crippen molar-refractivity contribution in [2.75, 3.05) is 0 Å². The normalized spacial score (nSPS) is 10.5. The second kappa shape index (κ2) is 5.25. The standard InChI is InChI=1S/C16H11NO5/c17-16(20)22-15(19)13-11-8-10(18)6-7-12(11)21-14(13)9-4-2-1-3-5-9/h1-8,18H,(H2,17,20). The van der Waals surface area contributed by atoms with Gasteiger partial charge in [0.05, 0.1) is 0 Å². The number of carbonyl (C=O) groups excluding carboxylic acids is 2. The van der Waals surface area contributed by atoms with Gasteiger partial charge in [0.2, 0.25) is 0 Å². The molecule has 1 amide bonds. The lowest BCUT2D eigenvalue weighted by Crippen LogP contribution is -2.18. The van der Waals surface area contributed by atoms with Crippen LogP contribution in [-0.2, 0) is 4.74 Å². The molecule has 110 valence electrons. The Labute approximate surface area is 124 Å². The van der Waals surface area contributed by atoms with Crippen LogP contribution < -0.4 is 5.73 Å². The van der Waals surface area contributed by atoms with Crippen LogP contribution in [0.1, 0.15) is 10.4 Å². The summed E-state index contributed by atoms with van der Waals surface area (Å²) < 4.78 is 10.1. The predicted molar refractivity (Wildman–Crippen MR) is 78.3 cm³/mol. The highest BCUT2D eigenvalue weighted by Crippen LogP contribution is 2.35. The zero-order chi connectivity index (χ0) is 15.7. The average Bonchev–Trinajstić information content (AvgIpc) is 2.86. The molecule has 0 spiro atoms. The van der Waals surface area contributed by atoms with Crippen LogP contribution in [-0.4, -0.2) is 17.2 Å². The maximum atomic E-state index is 12.2. The van der Waals surface area contributed by atoms with Crippen molar-refractivity contribution in [3.8, 4) is 17.1 Å². The van der Waals surface area contributed by atoms with E-state index in [4.69, 9.17) is 10.2 Å². The highest BCUT2D eigenvalue weighted by atomic mass is 16.6. The van der Waals surface area contributed by atoms with Crippen molar-refractivity contribution in [2.24, 2.45) is 5.73 Å². The van der Waals surface area contributed by atoms with E-state index in [1.165, 1.54) is 18.2 Å². The number of hydrogen-bond donors (Lipinski definition) is 2. The van der Waals surface area contributed by atoms with Crippen LogP contribution in [0.5, 0.6) is 5.75 Å². The van der Waals surface area contributed by atoms with Crippen LogP contribution in [0.2, 0.25) is 0 Å². The number of carbonyl (C=O) groups is 2. The molecule has 0 saturated heterocycles. The molecule has 2 aromatic carbocycles. The zero-order valence-corrected chi connectivity index (χ0v) is 11.3. The molecular weight excluding hydrogens is 286 g/mol. The highest BCUT2D eigenvalue weighted by Gasteiger charge is 2.24. The minimum Gasteiger partial charge on any atom is -0.508 e. The largest absolute Gasteiger partial charge is 0.508 e. The lowest BCUT2D eigenvalue weighted by atomic mass is 10.1. The van der Waals surface area contributed by atoms with Gasteiger partial charge in [-0.3, -0.25) is 0 Å². The molecule has 22 heavy (non-hydrogen) atoms. The number of rotatable bonds is 2. The van der Waals surface area contributed by atoms with Gasteiger partial charge in [0, 0.05) is 10.9 Å². The Morgan fingerprint density at radius 1 is 1.09 bits per heavy atom. The van der Waals surface area contributed by atoms with E-state index < -0.39 is 12.1 Å².